The van der Waals surface area contributed by atoms with E-state index in [-0.39, 0.29) is 5.41 Å². The molecule has 1 aliphatic heterocycles. The maximum atomic E-state index is 10.7. The van der Waals surface area contributed by atoms with Gasteiger partial charge in [0, 0.05) is 23.4 Å². The predicted molar refractivity (Wildman–Crippen MR) is 62.4 cm³/mol. The summed E-state index contributed by atoms with van der Waals surface area (Å²) < 4.78 is 11.9. The summed E-state index contributed by atoms with van der Waals surface area (Å²) in [6.45, 7) is 5.39. The molecule has 4 nitrogen and oxygen atoms in total. The molecule has 0 amide bonds. The fraction of sp³-hybridized carbons (Fsp3) is 0.500. The molecule has 0 saturated carbocycles. The molecule has 0 aromatic carbocycles. The minimum absolute atomic E-state index is 0.0311. The Bertz CT molecular complexity index is 391. The zero-order chi connectivity index (χ0) is 11.8. The number of hydrogen-bond acceptors (Lipinski definition) is 4. The lowest BCUT2D eigenvalue weighted by molar-refractivity contribution is 0.0346. The molecular weight excluding hydrogens is 227 g/mol. The van der Waals surface area contributed by atoms with Crippen LogP contribution < -0.4 is 4.78 Å². The highest BCUT2D eigenvalue weighted by Crippen LogP contribution is 2.22. The number of thiophene rings is 1. The van der Waals surface area contributed by atoms with Crippen LogP contribution in [0.5, 0.6) is 0 Å². The zero-order valence-corrected chi connectivity index (χ0v) is 10.0. The van der Waals surface area contributed by atoms with Gasteiger partial charge in [-0.2, -0.15) is 0 Å². The topological polar surface area (TPSA) is 55.8 Å². The van der Waals surface area contributed by atoms with Crippen molar-refractivity contribution in [2.24, 2.45) is 5.41 Å². The number of rotatable bonds is 2. The van der Waals surface area contributed by atoms with Crippen LogP contribution in [-0.2, 0) is 9.31 Å². The van der Waals surface area contributed by atoms with Crippen LogP contribution in [0.2, 0.25) is 0 Å². The SMILES string of the molecule is CC1(C)COB(c2ccc(C(=O)O)s2)OC1. The molecule has 2 heterocycles. The molecule has 6 heteroatoms. The summed E-state index contributed by atoms with van der Waals surface area (Å²) in [5.74, 6) is -0.910. The van der Waals surface area contributed by atoms with E-state index in [4.69, 9.17) is 14.4 Å². The molecule has 1 aromatic rings. The molecule has 16 heavy (non-hydrogen) atoms. The lowest BCUT2D eigenvalue weighted by atomic mass is 9.82. The van der Waals surface area contributed by atoms with Crippen LogP contribution in [0.3, 0.4) is 0 Å². The van der Waals surface area contributed by atoms with E-state index in [0.29, 0.717) is 18.1 Å². The van der Waals surface area contributed by atoms with Crippen LogP contribution in [0.25, 0.3) is 0 Å². The highest BCUT2D eigenvalue weighted by Gasteiger charge is 2.34. The molecule has 0 atom stereocenters. The lowest BCUT2D eigenvalue weighted by Gasteiger charge is -2.32. The van der Waals surface area contributed by atoms with Gasteiger partial charge in [-0.1, -0.05) is 19.9 Å². The highest BCUT2D eigenvalue weighted by atomic mass is 32.1. The molecule has 0 radical (unpaired) electrons. The average molecular weight is 240 g/mol. The monoisotopic (exact) mass is 240 g/mol. The maximum absolute atomic E-state index is 10.7. The third-order valence-corrected chi connectivity index (χ3v) is 3.42. The van der Waals surface area contributed by atoms with E-state index in [1.807, 2.05) is 0 Å². The molecule has 1 saturated heterocycles. The van der Waals surface area contributed by atoms with Crippen molar-refractivity contribution >= 4 is 29.2 Å². The van der Waals surface area contributed by atoms with E-state index in [2.05, 4.69) is 13.8 Å². The Kier molecular flexibility index (Phi) is 3.05. The van der Waals surface area contributed by atoms with Crippen LogP contribution in [0.1, 0.15) is 23.5 Å². The molecular formula is C10H13BO4S. The van der Waals surface area contributed by atoms with E-state index in [9.17, 15) is 4.79 Å². The molecule has 1 aliphatic rings. The summed E-state index contributed by atoms with van der Waals surface area (Å²) in [6, 6.07) is 3.33. The van der Waals surface area contributed by atoms with Crippen LogP contribution in [-0.4, -0.2) is 31.4 Å². The van der Waals surface area contributed by atoms with Gasteiger partial charge in [0.15, 0.2) is 0 Å². The smallest absolute Gasteiger partial charge is 0.477 e. The van der Waals surface area contributed by atoms with Gasteiger partial charge in [-0.05, 0) is 6.07 Å². The first-order chi connectivity index (χ1) is 7.48. The van der Waals surface area contributed by atoms with Crippen molar-refractivity contribution in [1.82, 2.24) is 0 Å². The maximum Gasteiger partial charge on any atom is 0.504 e. The standard InChI is InChI=1S/C10H13BO4S/c1-10(2)5-14-11(15-6-10)8-4-3-7(16-8)9(12)13/h3-4H,5-6H2,1-2H3,(H,12,13). The summed E-state index contributed by atoms with van der Waals surface area (Å²) in [5, 5.41) is 8.81. The number of carboxylic acid groups (broad SMARTS) is 1. The summed E-state index contributed by atoms with van der Waals surface area (Å²) in [6.07, 6.45) is 0. The molecule has 2 rings (SSSR count). The molecule has 86 valence electrons. The van der Waals surface area contributed by atoms with Crippen LogP contribution in [0, 0.1) is 5.41 Å². The fourth-order valence-electron chi connectivity index (χ4n) is 1.45. The summed E-state index contributed by atoms with van der Waals surface area (Å²) in [5.41, 5.74) is 0.0311. The third kappa shape index (κ3) is 2.45. The van der Waals surface area contributed by atoms with E-state index in [0.717, 1.165) is 4.78 Å². The van der Waals surface area contributed by atoms with Crippen molar-refractivity contribution in [2.75, 3.05) is 13.2 Å². The number of aromatic carboxylic acids is 1. The zero-order valence-electron chi connectivity index (χ0n) is 9.23. The Balaban J connectivity index is 2.05. The quantitative estimate of drug-likeness (QED) is 0.789. The largest absolute Gasteiger partial charge is 0.504 e. The molecule has 0 spiro atoms. The van der Waals surface area contributed by atoms with Crippen molar-refractivity contribution in [1.29, 1.82) is 0 Å². The molecule has 0 bridgehead atoms. The van der Waals surface area contributed by atoms with Crippen molar-refractivity contribution in [2.45, 2.75) is 13.8 Å². The lowest BCUT2D eigenvalue weighted by Crippen LogP contribution is -2.46. The van der Waals surface area contributed by atoms with Gasteiger partial charge in [0.1, 0.15) is 4.88 Å². The van der Waals surface area contributed by atoms with Crippen molar-refractivity contribution < 1.29 is 19.2 Å². The average Bonchev–Trinajstić information content (AvgIpc) is 2.66. The molecule has 1 fully saturated rings. The fourth-order valence-corrected chi connectivity index (χ4v) is 2.30. The van der Waals surface area contributed by atoms with Gasteiger partial charge in [-0.15, -0.1) is 11.3 Å². The minimum Gasteiger partial charge on any atom is -0.477 e. The van der Waals surface area contributed by atoms with Crippen molar-refractivity contribution in [3.05, 3.63) is 17.0 Å². The van der Waals surface area contributed by atoms with Crippen LogP contribution in [0.15, 0.2) is 12.1 Å². The van der Waals surface area contributed by atoms with Crippen molar-refractivity contribution in [3.63, 3.8) is 0 Å². The normalized spacial score (nSPS) is 19.8. The first-order valence-corrected chi connectivity index (χ1v) is 5.86. The predicted octanol–water partition coefficient (Wildman–Crippen LogP) is 1.21. The van der Waals surface area contributed by atoms with Gasteiger partial charge >= 0.3 is 13.1 Å². The summed E-state index contributed by atoms with van der Waals surface area (Å²) in [7, 11) is -0.411. The van der Waals surface area contributed by atoms with E-state index in [1.54, 1.807) is 12.1 Å². The number of carboxylic acids is 1. The van der Waals surface area contributed by atoms with Gasteiger partial charge in [0.05, 0.1) is 0 Å². The molecule has 1 aromatic heterocycles. The van der Waals surface area contributed by atoms with E-state index < -0.39 is 13.1 Å². The van der Waals surface area contributed by atoms with Crippen molar-refractivity contribution in [3.8, 4) is 0 Å². The Labute approximate surface area is 98.3 Å². The first kappa shape index (κ1) is 11.6. The van der Waals surface area contributed by atoms with Gasteiger partial charge in [0.25, 0.3) is 0 Å². The number of carbonyl (C=O) groups is 1. The van der Waals surface area contributed by atoms with E-state index in [1.165, 1.54) is 11.3 Å². The second-order valence-electron chi connectivity index (χ2n) is 4.63. The van der Waals surface area contributed by atoms with Gasteiger partial charge < -0.3 is 14.4 Å². The molecule has 1 N–H and O–H groups in total. The van der Waals surface area contributed by atoms with Gasteiger partial charge in [-0.3, -0.25) is 0 Å². The first-order valence-electron chi connectivity index (χ1n) is 5.04. The Hall–Kier alpha value is -0.845. The van der Waals surface area contributed by atoms with Gasteiger partial charge in [-0.25, -0.2) is 4.79 Å². The second kappa shape index (κ2) is 4.20. The summed E-state index contributed by atoms with van der Waals surface area (Å²) in [4.78, 5) is 11.0. The Morgan fingerprint density at radius 2 is 2.06 bits per heavy atom. The van der Waals surface area contributed by atoms with Crippen LogP contribution in [0.4, 0.5) is 0 Å². The Morgan fingerprint density at radius 3 is 2.56 bits per heavy atom. The third-order valence-electron chi connectivity index (χ3n) is 2.32. The number of hydrogen-bond donors (Lipinski definition) is 1. The Morgan fingerprint density at radius 1 is 1.44 bits per heavy atom. The van der Waals surface area contributed by atoms with Gasteiger partial charge in [0.2, 0.25) is 0 Å². The summed E-state index contributed by atoms with van der Waals surface area (Å²) >= 11 is 1.20. The van der Waals surface area contributed by atoms with E-state index >= 15 is 0 Å². The van der Waals surface area contributed by atoms with Crippen LogP contribution >= 0.6 is 11.3 Å². The molecule has 0 unspecified atom stereocenters. The second-order valence-corrected chi connectivity index (χ2v) is 5.74. The highest BCUT2D eigenvalue weighted by molar-refractivity contribution is 7.23. The molecule has 0 aliphatic carbocycles. The minimum atomic E-state index is -0.910.